The smallest absolute Gasteiger partial charge is 0.307 e. The number of fused-ring (bicyclic) bond motifs is 1. The highest BCUT2D eigenvalue weighted by atomic mass is 35.5. The molecule has 0 bridgehead atoms. The van der Waals surface area contributed by atoms with E-state index in [1.54, 1.807) is 29.1 Å². The average Bonchev–Trinajstić information content (AvgIpc) is 3.32. The standard InChI is InChI=1S/C29H35Cl2N5O4/c1-29(2,3)40-17-25-23(16-36(35-25)11-9-22-8-7-18-6-5-10-32-27(18)33-22)28(38)34-24(15-26(37)39-4)19-12-20(30)14-21(31)13-19/h7-8,12-14,16,24H,5-6,9-11,15,17H2,1-4H3,(H,32,33)(H,34,38). The molecule has 0 spiro atoms. The third kappa shape index (κ3) is 8.19. The van der Waals surface area contributed by atoms with Crippen molar-refractivity contribution >= 4 is 40.9 Å². The molecule has 1 unspecified atom stereocenters. The van der Waals surface area contributed by atoms with Gasteiger partial charge in [0, 0.05) is 41.4 Å². The largest absolute Gasteiger partial charge is 0.469 e. The van der Waals surface area contributed by atoms with Crippen molar-refractivity contribution in [2.45, 2.75) is 71.2 Å². The van der Waals surface area contributed by atoms with Gasteiger partial charge in [-0.3, -0.25) is 14.3 Å². The molecule has 9 nitrogen and oxygen atoms in total. The van der Waals surface area contributed by atoms with Gasteiger partial charge in [-0.25, -0.2) is 4.98 Å². The second-order valence-electron chi connectivity index (χ2n) is 10.8. The van der Waals surface area contributed by atoms with Crippen LogP contribution in [0.2, 0.25) is 10.0 Å². The van der Waals surface area contributed by atoms with Crippen molar-refractivity contribution in [3.63, 3.8) is 0 Å². The van der Waals surface area contributed by atoms with Gasteiger partial charge in [0.05, 0.1) is 37.3 Å². The Morgan fingerprint density at radius 2 is 1.93 bits per heavy atom. The van der Waals surface area contributed by atoms with Crippen LogP contribution in [0.5, 0.6) is 0 Å². The van der Waals surface area contributed by atoms with Crippen LogP contribution in [0.1, 0.15) is 72.5 Å². The number of amides is 1. The maximum Gasteiger partial charge on any atom is 0.307 e. The Hall–Kier alpha value is -3.14. The number of methoxy groups -OCH3 is 1. The fraction of sp³-hybridized carbons (Fsp3) is 0.448. The molecule has 1 aliphatic rings. The molecule has 1 aromatic carbocycles. The van der Waals surface area contributed by atoms with Crippen LogP contribution in [0.3, 0.4) is 0 Å². The zero-order chi connectivity index (χ0) is 28.9. The molecule has 2 N–H and O–H groups in total. The van der Waals surface area contributed by atoms with E-state index in [2.05, 4.69) is 21.8 Å². The first-order valence-electron chi connectivity index (χ1n) is 13.3. The van der Waals surface area contributed by atoms with Gasteiger partial charge in [-0.2, -0.15) is 5.10 Å². The van der Waals surface area contributed by atoms with Gasteiger partial charge in [0.15, 0.2) is 0 Å². The number of esters is 1. The van der Waals surface area contributed by atoms with E-state index < -0.39 is 23.5 Å². The molecule has 3 heterocycles. The number of carbonyl (C=O) groups excluding carboxylic acids is 2. The first-order chi connectivity index (χ1) is 19.0. The Balaban J connectivity index is 1.56. The van der Waals surface area contributed by atoms with E-state index in [-0.39, 0.29) is 13.0 Å². The van der Waals surface area contributed by atoms with Gasteiger partial charge in [-0.15, -0.1) is 0 Å². The third-order valence-corrected chi connectivity index (χ3v) is 6.90. The van der Waals surface area contributed by atoms with Crippen LogP contribution >= 0.6 is 23.2 Å². The quantitative estimate of drug-likeness (QED) is 0.300. The number of rotatable bonds is 10. The molecule has 3 aromatic rings. The molecule has 0 fully saturated rings. The molecule has 0 saturated heterocycles. The molecule has 4 rings (SSSR count). The van der Waals surface area contributed by atoms with Crippen molar-refractivity contribution in [2.24, 2.45) is 0 Å². The summed E-state index contributed by atoms with van der Waals surface area (Å²) in [5, 5.41) is 11.8. The first kappa shape index (κ1) is 29.8. The predicted molar refractivity (Wildman–Crippen MR) is 155 cm³/mol. The van der Waals surface area contributed by atoms with Gasteiger partial charge >= 0.3 is 5.97 Å². The fourth-order valence-electron chi connectivity index (χ4n) is 4.41. The van der Waals surface area contributed by atoms with E-state index in [1.165, 1.54) is 12.7 Å². The summed E-state index contributed by atoms with van der Waals surface area (Å²) in [6, 6.07) is 8.35. The van der Waals surface area contributed by atoms with Crippen LogP contribution < -0.4 is 10.6 Å². The van der Waals surface area contributed by atoms with Crippen molar-refractivity contribution in [3.05, 3.63) is 74.7 Å². The Morgan fingerprint density at radius 3 is 2.62 bits per heavy atom. The van der Waals surface area contributed by atoms with Gasteiger partial charge in [0.25, 0.3) is 5.91 Å². The van der Waals surface area contributed by atoms with Gasteiger partial charge in [0.2, 0.25) is 0 Å². The normalized spacial score (nSPS) is 13.8. The molecule has 0 aliphatic carbocycles. The molecule has 1 aliphatic heterocycles. The van der Waals surface area contributed by atoms with Crippen LogP contribution in [-0.4, -0.2) is 45.9 Å². The molecule has 0 radical (unpaired) electrons. The predicted octanol–water partition coefficient (Wildman–Crippen LogP) is 5.54. The summed E-state index contributed by atoms with van der Waals surface area (Å²) >= 11 is 12.4. The van der Waals surface area contributed by atoms with E-state index in [1.807, 2.05) is 26.8 Å². The van der Waals surface area contributed by atoms with Gasteiger partial charge in [-0.05, 0) is 69.0 Å². The highest BCUT2D eigenvalue weighted by molar-refractivity contribution is 6.34. The van der Waals surface area contributed by atoms with Crippen molar-refractivity contribution in [1.82, 2.24) is 20.1 Å². The number of nitrogens with one attached hydrogen (secondary N) is 2. The summed E-state index contributed by atoms with van der Waals surface area (Å²) in [4.78, 5) is 30.6. The molecule has 1 atom stereocenters. The number of hydrogen-bond acceptors (Lipinski definition) is 7. The first-order valence-corrected chi connectivity index (χ1v) is 14.0. The van der Waals surface area contributed by atoms with E-state index in [9.17, 15) is 9.59 Å². The fourth-order valence-corrected chi connectivity index (χ4v) is 4.95. The summed E-state index contributed by atoms with van der Waals surface area (Å²) in [6.07, 6.45) is 4.38. The lowest BCUT2D eigenvalue weighted by molar-refractivity contribution is -0.141. The molecule has 214 valence electrons. The maximum atomic E-state index is 13.6. The number of hydrogen-bond donors (Lipinski definition) is 2. The van der Waals surface area contributed by atoms with Crippen LogP contribution in [0.25, 0.3) is 0 Å². The van der Waals surface area contributed by atoms with Crippen molar-refractivity contribution < 1.29 is 19.1 Å². The number of aryl methyl sites for hydroxylation is 3. The number of nitrogens with zero attached hydrogens (tertiary/aromatic N) is 3. The summed E-state index contributed by atoms with van der Waals surface area (Å²) in [5.41, 5.74) is 3.18. The number of anilines is 1. The zero-order valence-corrected chi connectivity index (χ0v) is 24.7. The summed E-state index contributed by atoms with van der Waals surface area (Å²) in [5.74, 6) is 0.0570. The zero-order valence-electron chi connectivity index (χ0n) is 23.2. The minimum atomic E-state index is -0.719. The number of benzene rings is 1. The topological polar surface area (TPSA) is 107 Å². The second kappa shape index (κ2) is 13.0. The van der Waals surface area contributed by atoms with E-state index in [4.69, 9.17) is 37.7 Å². The number of ether oxygens (including phenoxy) is 2. The van der Waals surface area contributed by atoms with Crippen LogP contribution in [-0.2, 0) is 40.3 Å². The number of aromatic nitrogens is 3. The molecular weight excluding hydrogens is 553 g/mol. The minimum absolute atomic E-state index is 0.0983. The van der Waals surface area contributed by atoms with Gasteiger partial charge in [0.1, 0.15) is 11.5 Å². The van der Waals surface area contributed by atoms with E-state index in [0.717, 1.165) is 30.9 Å². The summed E-state index contributed by atoms with van der Waals surface area (Å²) in [6.45, 7) is 7.41. The van der Waals surface area contributed by atoms with Gasteiger partial charge in [-0.1, -0.05) is 29.3 Å². The Morgan fingerprint density at radius 1 is 1.18 bits per heavy atom. The summed E-state index contributed by atoms with van der Waals surface area (Å²) in [7, 11) is 1.30. The van der Waals surface area contributed by atoms with Crippen molar-refractivity contribution in [1.29, 1.82) is 0 Å². The lowest BCUT2D eigenvalue weighted by Gasteiger charge is -2.20. The number of carbonyl (C=O) groups is 2. The van der Waals surface area contributed by atoms with Crippen LogP contribution in [0.4, 0.5) is 5.82 Å². The molecule has 11 heteroatoms. The van der Waals surface area contributed by atoms with Crippen LogP contribution in [0.15, 0.2) is 36.5 Å². The van der Waals surface area contributed by atoms with Gasteiger partial charge < -0.3 is 20.1 Å². The highest BCUT2D eigenvalue weighted by Gasteiger charge is 2.25. The second-order valence-corrected chi connectivity index (χ2v) is 11.6. The van der Waals surface area contributed by atoms with Crippen LogP contribution in [0, 0.1) is 0 Å². The molecular formula is C29H35Cl2N5O4. The average molecular weight is 589 g/mol. The lowest BCUT2D eigenvalue weighted by Crippen LogP contribution is -2.31. The monoisotopic (exact) mass is 587 g/mol. The van der Waals surface area contributed by atoms with Crippen molar-refractivity contribution in [3.8, 4) is 0 Å². The third-order valence-electron chi connectivity index (χ3n) is 6.46. The summed E-state index contributed by atoms with van der Waals surface area (Å²) < 4.78 is 12.6. The number of halogens is 2. The highest BCUT2D eigenvalue weighted by Crippen LogP contribution is 2.27. The SMILES string of the molecule is COC(=O)CC(NC(=O)c1cn(CCc2ccc3c(n2)NCCC3)nc1COC(C)(C)C)c1cc(Cl)cc(Cl)c1. The molecule has 40 heavy (non-hydrogen) atoms. The Bertz CT molecular complexity index is 1350. The Labute approximate surface area is 244 Å². The Kier molecular flexibility index (Phi) is 9.71. The maximum absolute atomic E-state index is 13.6. The molecule has 0 saturated carbocycles. The number of pyridine rings is 1. The van der Waals surface area contributed by atoms with Crippen molar-refractivity contribution in [2.75, 3.05) is 19.0 Å². The lowest BCUT2D eigenvalue weighted by atomic mass is 10.0. The van der Waals surface area contributed by atoms with E-state index >= 15 is 0 Å². The minimum Gasteiger partial charge on any atom is -0.469 e. The molecule has 2 aromatic heterocycles. The molecule has 1 amide bonds. The van der Waals surface area contributed by atoms with E-state index in [0.29, 0.717) is 39.8 Å².